The van der Waals surface area contributed by atoms with Crippen molar-refractivity contribution < 1.29 is 14.4 Å². The molecule has 2 aliphatic heterocycles. The van der Waals surface area contributed by atoms with E-state index in [2.05, 4.69) is 30.9 Å². The van der Waals surface area contributed by atoms with Crippen LogP contribution >= 0.6 is 23.1 Å². The molecule has 1 unspecified atom stereocenters. The van der Waals surface area contributed by atoms with Crippen LogP contribution in [-0.2, 0) is 16.0 Å². The largest absolute Gasteiger partial charge is 0.352 e. The van der Waals surface area contributed by atoms with Crippen molar-refractivity contribution in [2.45, 2.75) is 50.7 Å². The van der Waals surface area contributed by atoms with Crippen LogP contribution in [0, 0.1) is 6.92 Å². The SMILES string of the molecule is Cc1csc(CCCCNC(=O)c2ccc(NC(=O)CC3SC(N4CCCC4)=NC3=O)cc2)n1. The zero-order valence-corrected chi connectivity index (χ0v) is 20.8. The summed E-state index contributed by atoms with van der Waals surface area (Å²) >= 11 is 3.06. The van der Waals surface area contributed by atoms with E-state index in [4.69, 9.17) is 0 Å². The van der Waals surface area contributed by atoms with Crippen molar-refractivity contribution in [1.29, 1.82) is 0 Å². The average Bonchev–Trinajstić information content (AvgIpc) is 3.56. The molecule has 2 N–H and O–H groups in total. The molecule has 0 radical (unpaired) electrons. The summed E-state index contributed by atoms with van der Waals surface area (Å²) in [6.07, 6.45) is 5.09. The van der Waals surface area contributed by atoms with Crippen molar-refractivity contribution in [2.75, 3.05) is 25.0 Å². The van der Waals surface area contributed by atoms with Crippen molar-refractivity contribution in [1.82, 2.24) is 15.2 Å². The molecule has 3 heterocycles. The summed E-state index contributed by atoms with van der Waals surface area (Å²) in [5.74, 6) is -0.616. The monoisotopic (exact) mass is 499 g/mol. The number of amidine groups is 1. The van der Waals surface area contributed by atoms with Gasteiger partial charge in [-0.15, -0.1) is 11.3 Å². The van der Waals surface area contributed by atoms with Gasteiger partial charge in [-0.2, -0.15) is 4.99 Å². The van der Waals surface area contributed by atoms with Crippen molar-refractivity contribution in [3.63, 3.8) is 0 Å². The summed E-state index contributed by atoms with van der Waals surface area (Å²) in [4.78, 5) is 47.7. The molecule has 4 rings (SSSR count). The molecule has 3 amide bonds. The number of thioether (sulfide) groups is 1. The predicted octanol–water partition coefficient (Wildman–Crippen LogP) is 3.63. The molecule has 1 fully saturated rings. The minimum atomic E-state index is -0.472. The summed E-state index contributed by atoms with van der Waals surface area (Å²) in [7, 11) is 0. The van der Waals surface area contributed by atoms with Gasteiger partial charge in [0.05, 0.1) is 5.01 Å². The molecule has 180 valence electrons. The standard InChI is InChI=1S/C24H29N5O3S2/c1-16-15-33-21(26-16)6-2-3-11-25-22(31)17-7-9-18(10-8-17)27-20(30)14-19-23(32)28-24(34-19)29-12-4-5-13-29/h7-10,15,19H,2-6,11-14H2,1H3,(H,25,31)(H,27,30). The number of anilines is 1. The topological polar surface area (TPSA) is 104 Å². The molecule has 0 saturated carbocycles. The molecule has 0 bridgehead atoms. The Kier molecular flexibility index (Phi) is 8.34. The number of hydrogen-bond acceptors (Lipinski definition) is 7. The van der Waals surface area contributed by atoms with Crippen molar-refractivity contribution in [3.8, 4) is 0 Å². The number of rotatable bonds is 9. The Hall–Kier alpha value is -2.72. The molecule has 1 aromatic heterocycles. The van der Waals surface area contributed by atoms with Crippen LogP contribution in [0.4, 0.5) is 5.69 Å². The molecule has 1 saturated heterocycles. The van der Waals surface area contributed by atoms with Crippen LogP contribution < -0.4 is 10.6 Å². The van der Waals surface area contributed by atoms with Gasteiger partial charge in [-0.1, -0.05) is 11.8 Å². The van der Waals surface area contributed by atoms with E-state index in [1.807, 2.05) is 6.92 Å². The number of nitrogens with one attached hydrogen (secondary N) is 2. The second kappa shape index (κ2) is 11.6. The Labute approximate surface area is 207 Å². The van der Waals surface area contributed by atoms with Gasteiger partial charge in [0.2, 0.25) is 5.91 Å². The van der Waals surface area contributed by atoms with Crippen LogP contribution in [0.3, 0.4) is 0 Å². The molecule has 10 heteroatoms. The third-order valence-corrected chi connectivity index (χ3v) is 7.92. The summed E-state index contributed by atoms with van der Waals surface area (Å²) in [5, 5.41) is 9.20. The minimum Gasteiger partial charge on any atom is -0.352 e. The zero-order valence-electron chi connectivity index (χ0n) is 19.2. The number of thiazole rings is 1. The first-order chi connectivity index (χ1) is 16.5. The van der Waals surface area contributed by atoms with Gasteiger partial charge in [0.25, 0.3) is 11.8 Å². The summed E-state index contributed by atoms with van der Waals surface area (Å²) < 4.78 is 0. The number of hydrogen-bond donors (Lipinski definition) is 2. The van der Waals surface area contributed by atoms with Crippen molar-refractivity contribution >= 4 is 51.7 Å². The first kappa shape index (κ1) is 24.4. The van der Waals surface area contributed by atoms with Crippen LogP contribution in [-0.4, -0.2) is 57.7 Å². The first-order valence-electron chi connectivity index (χ1n) is 11.6. The second-order valence-electron chi connectivity index (χ2n) is 8.46. The van der Waals surface area contributed by atoms with Crippen LogP contribution in [0.15, 0.2) is 34.6 Å². The smallest absolute Gasteiger partial charge is 0.262 e. The number of amides is 3. The van der Waals surface area contributed by atoms with Gasteiger partial charge in [-0.25, -0.2) is 4.98 Å². The van der Waals surface area contributed by atoms with E-state index in [0.717, 1.165) is 61.1 Å². The number of benzene rings is 1. The van der Waals surface area contributed by atoms with Gasteiger partial charge in [0.1, 0.15) is 5.25 Å². The number of carbonyl (C=O) groups is 3. The predicted molar refractivity (Wildman–Crippen MR) is 136 cm³/mol. The van der Waals surface area contributed by atoms with E-state index in [-0.39, 0.29) is 24.1 Å². The van der Waals surface area contributed by atoms with Gasteiger partial charge in [-0.05, 0) is 63.3 Å². The second-order valence-corrected chi connectivity index (χ2v) is 10.6. The van der Waals surface area contributed by atoms with E-state index < -0.39 is 5.25 Å². The summed E-state index contributed by atoms with van der Waals surface area (Å²) in [6, 6.07) is 6.78. The average molecular weight is 500 g/mol. The number of unbranched alkanes of at least 4 members (excludes halogenated alkanes) is 1. The van der Waals surface area contributed by atoms with Gasteiger partial charge in [0, 0.05) is 48.4 Å². The normalized spacial score (nSPS) is 17.7. The van der Waals surface area contributed by atoms with Crippen LogP contribution in [0.5, 0.6) is 0 Å². The fourth-order valence-corrected chi connectivity index (χ4v) is 5.80. The third kappa shape index (κ3) is 6.66. The van der Waals surface area contributed by atoms with E-state index in [9.17, 15) is 14.4 Å². The number of carbonyl (C=O) groups excluding carboxylic acids is 3. The molecular weight excluding hydrogens is 470 g/mol. The molecule has 1 aromatic carbocycles. The Morgan fingerprint density at radius 2 is 1.91 bits per heavy atom. The fraction of sp³-hybridized carbons (Fsp3) is 0.458. The molecular formula is C24H29N5O3S2. The highest BCUT2D eigenvalue weighted by Gasteiger charge is 2.33. The molecule has 1 atom stereocenters. The highest BCUT2D eigenvalue weighted by molar-refractivity contribution is 8.15. The van der Waals surface area contributed by atoms with E-state index in [1.165, 1.54) is 11.8 Å². The van der Waals surface area contributed by atoms with Crippen LogP contribution in [0.1, 0.15) is 53.2 Å². The molecule has 2 aliphatic rings. The van der Waals surface area contributed by atoms with Gasteiger partial charge >= 0.3 is 0 Å². The number of nitrogens with zero attached hydrogens (tertiary/aromatic N) is 3. The van der Waals surface area contributed by atoms with Gasteiger partial charge < -0.3 is 15.5 Å². The van der Waals surface area contributed by atoms with Crippen LogP contribution in [0.2, 0.25) is 0 Å². The molecule has 0 spiro atoms. The molecule has 34 heavy (non-hydrogen) atoms. The number of aliphatic imine (C=N–C) groups is 1. The highest BCUT2D eigenvalue weighted by Crippen LogP contribution is 2.29. The van der Waals surface area contributed by atoms with Gasteiger partial charge in [0.15, 0.2) is 5.17 Å². The Bertz CT molecular complexity index is 1060. The van der Waals surface area contributed by atoms with E-state index >= 15 is 0 Å². The minimum absolute atomic E-state index is 0.0765. The van der Waals surface area contributed by atoms with Crippen LogP contribution in [0.25, 0.3) is 0 Å². The van der Waals surface area contributed by atoms with E-state index in [1.54, 1.807) is 35.6 Å². The maximum absolute atomic E-state index is 12.4. The quantitative estimate of drug-likeness (QED) is 0.511. The molecule has 2 aromatic rings. The number of aryl methyl sites for hydroxylation is 2. The van der Waals surface area contributed by atoms with Crippen molar-refractivity contribution in [2.24, 2.45) is 4.99 Å². The lowest BCUT2D eigenvalue weighted by molar-refractivity contribution is -0.121. The number of aromatic nitrogens is 1. The fourth-order valence-electron chi connectivity index (χ4n) is 3.86. The first-order valence-corrected chi connectivity index (χ1v) is 13.4. The maximum Gasteiger partial charge on any atom is 0.262 e. The molecule has 0 aliphatic carbocycles. The van der Waals surface area contributed by atoms with Crippen molar-refractivity contribution in [3.05, 3.63) is 45.9 Å². The summed E-state index contributed by atoms with van der Waals surface area (Å²) in [5.41, 5.74) is 2.19. The third-order valence-electron chi connectivity index (χ3n) is 5.68. The van der Waals surface area contributed by atoms with Gasteiger partial charge in [-0.3, -0.25) is 14.4 Å². The number of likely N-dealkylation sites (tertiary alicyclic amines) is 1. The molecule has 8 nitrogen and oxygen atoms in total. The Morgan fingerprint density at radius 1 is 1.15 bits per heavy atom. The lowest BCUT2D eigenvalue weighted by atomic mass is 10.1. The summed E-state index contributed by atoms with van der Waals surface area (Å²) in [6.45, 7) is 4.44. The maximum atomic E-state index is 12.4. The zero-order chi connectivity index (χ0) is 23.9. The lowest BCUT2D eigenvalue weighted by Crippen LogP contribution is -2.25. The Morgan fingerprint density at radius 3 is 2.62 bits per heavy atom. The lowest BCUT2D eigenvalue weighted by Gasteiger charge is -2.16. The highest BCUT2D eigenvalue weighted by atomic mass is 32.2. The van der Waals surface area contributed by atoms with E-state index in [0.29, 0.717) is 17.8 Å². The Balaban J connectivity index is 1.16.